The summed E-state index contributed by atoms with van der Waals surface area (Å²) in [6.07, 6.45) is 0.878. The van der Waals surface area contributed by atoms with Crippen molar-refractivity contribution in [3.05, 3.63) is 33.4 Å². The lowest BCUT2D eigenvalue weighted by Gasteiger charge is -2.24. The van der Waals surface area contributed by atoms with Gasteiger partial charge in [-0.2, -0.15) is 0 Å². The molecule has 0 saturated carbocycles. The topological polar surface area (TPSA) is 47.3 Å². The van der Waals surface area contributed by atoms with Crippen LogP contribution >= 0.6 is 22.6 Å². The molecule has 1 unspecified atom stereocenters. The molecule has 0 saturated heterocycles. The molecule has 0 bridgehead atoms. The van der Waals surface area contributed by atoms with Crippen LogP contribution in [0.4, 0.5) is 0 Å². The number of halogens is 1. The molecule has 0 aliphatic rings. The minimum absolute atomic E-state index is 0.124. The second-order valence-corrected chi connectivity index (χ2v) is 6.36. The molecule has 1 aromatic carbocycles. The van der Waals surface area contributed by atoms with Crippen molar-refractivity contribution in [2.45, 2.75) is 38.8 Å². The van der Waals surface area contributed by atoms with Gasteiger partial charge < -0.3 is 4.74 Å². The van der Waals surface area contributed by atoms with Crippen molar-refractivity contribution < 1.29 is 4.74 Å². The van der Waals surface area contributed by atoms with E-state index >= 15 is 0 Å². The summed E-state index contributed by atoms with van der Waals surface area (Å²) in [7, 11) is 0. The lowest BCUT2D eigenvalue weighted by molar-refractivity contribution is -0.0143. The summed E-state index contributed by atoms with van der Waals surface area (Å²) in [5.41, 5.74) is 3.96. The van der Waals surface area contributed by atoms with Crippen molar-refractivity contribution in [2.24, 2.45) is 5.84 Å². The molecule has 3 N–H and O–H groups in total. The fourth-order valence-corrected chi connectivity index (χ4v) is 1.78. The smallest absolute Gasteiger partial charge is 0.0643 e. The van der Waals surface area contributed by atoms with Crippen molar-refractivity contribution in [1.82, 2.24) is 5.43 Å². The number of hydrogen-bond donors (Lipinski definition) is 2. The van der Waals surface area contributed by atoms with Crippen molar-refractivity contribution in [2.75, 3.05) is 6.61 Å². The molecule has 0 aromatic heterocycles. The van der Waals surface area contributed by atoms with Crippen molar-refractivity contribution in [1.29, 1.82) is 0 Å². The highest BCUT2D eigenvalue weighted by atomic mass is 127. The maximum Gasteiger partial charge on any atom is 0.0643 e. The fourth-order valence-electron chi connectivity index (χ4n) is 1.42. The zero-order chi connectivity index (χ0) is 12.9. The number of nitrogens with two attached hydrogens (primary N) is 1. The normalized spacial score (nSPS) is 13.7. The van der Waals surface area contributed by atoms with E-state index < -0.39 is 0 Å². The first-order chi connectivity index (χ1) is 7.90. The van der Waals surface area contributed by atoms with Crippen molar-refractivity contribution in [3.63, 3.8) is 0 Å². The Balaban J connectivity index is 2.49. The summed E-state index contributed by atoms with van der Waals surface area (Å²) in [5, 5.41) is 0. The molecule has 0 fully saturated rings. The number of rotatable bonds is 5. The third-order valence-corrected chi connectivity index (χ3v) is 3.07. The standard InChI is InChI=1S/C13H21IN2O/c1-13(2,3)17-9-12(16-15)8-10-4-6-11(14)7-5-10/h4-7,12,16H,8-9,15H2,1-3H3. The van der Waals surface area contributed by atoms with Gasteiger partial charge in [0.2, 0.25) is 0 Å². The van der Waals surface area contributed by atoms with E-state index in [9.17, 15) is 0 Å². The van der Waals surface area contributed by atoms with Crippen molar-refractivity contribution >= 4 is 22.6 Å². The number of hydrazine groups is 1. The average Bonchev–Trinajstić information content (AvgIpc) is 2.25. The molecule has 17 heavy (non-hydrogen) atoms. The van der Waals surface area contributed by atoms with E-state index in [4.69, 9.17) is 10.6 Å². The van der Waals surface area contributed by atoms with Gasteiger partial charge in [-0.25, -0.2) is 0 Å². The number of hydrogen-bond acceptors (Lipinski definition) is 3. The molecule has 1 rings (SSSR count). The molecule has 0 amide bonds. The maximum absolute atomic E-state index is 5.73. The number of nitrogens with one attached hydrogen (secondary N) is 1. The van der Waals surface area contributed by atoms with Gasteiger partial charge in [0, 0.05) is 9.61 Å². The highest BCUT2D eigenvalue weighted by molar-refractivity contribution is 14.1. The van der Waals surface area contributed by atoms with Crippen LogP contribution < -0.4 is 11.3 Å². The average molecular weight is 348 g/mol. The van der Waals surface area contributed by atoms with Gasteiger partial charge in [-0.1, -0.05) is 12.1 Å². The number of benzene rings is 1. The predicted octanol–water partition coefficient (Wildman–Crippen LogP) is 2.48. The van der Waals surface area contributed by atoms with E-state index in [1.54, 1.807) is 0 Å². The Morgan fingerprint density at radius 2 is 1.88 bits per heavy atom. The van der Waals surface area contributed by atoms with Crippen LogP contribution in [-0.4, -0.2) is 18.2 Å². The van der Waals surface area contributed by atoms with Gasteiger partial charge in [-0.15, -0.1) is 0 Å². The molecule has 0 spiro atoms. The zero-order valence-electron chi connectivity index (χ0n) is 10.7. The van der Waals surface area contributed by atoms with Crippen LogP contribution in [0.5, 0.6) is 0 Å². The summed E-state index contributed by atoms with van der Waals surface area (Å²) in [4.78, 5) is 0. The summed E-state index contributed by atoms with van der Waals surface area (Å²) < 4.78 is 6.98. The van der Waals surface area contributed by atoms with Gasteiger partial charge in [0.1, 0.15) is 0 Å². The van der Waals surface area contributed by atoms with Crippen LogP contribution in [0.15, 0.2) is 24.3 Å². The Labute approximate surface area is 117 Å². The van der Waals surface area contributed by atoms with E-state index in [-0.39, 0.29) is 11.6 Å². The molecule has 3 nitrogen and oxygen atoms in total. The minimum Gasteiger partial charge on any atom is -0.374 e. The highest BCUT2D eigenvalue weighted by Crippen LogP contribution is 2.11. The van der Waals surface area contributed by atoms with E-state index in [0.717, 1.165) is 6.42 Å². The number of ether oxygens (including phenoxy) is 1. The van der Waals surface area contributed by atoms with Crippen LogP contribution in [-0.2, 0) is 11.2 Å². The maximum atomic E-state index is 5.73. The fraction of sp³-hybridized carbons (Fsp3) is 0.538. The van der Waals surface area contributed by atoms with Crippen LogP contribution in [0.25, 0.3) is 0 Å². The molecular weight excluding hydrogens is 327 g/mol. The molecule has 0 radical (unpaired) electrons. The van der Waals surface area contributed by atoms with E-state index in [1.807, 2.05) is 20.8 Å². The third kappa shape index (κ3) is 6.35. The molecule has 1 aromatic rings. The molecule has 0 aliphatic carbocycles. The third-order valence-electron chi connectivity index (χ3n) is 2.35. The molecular formula is C13H21IN2O. The molecule has 0 heterocycles. The zero-order valence-corrected chi connectivity index (χ0v) is 12.8. The van der Waals surface area contributed by atoms with Crippen LogP contribution in [0, 0.1) is 3.57 Å². The second-order valence-electron chi connectivity index (χ2n) is 5.12. The van der Waals surface area contributed by atoms with Crippen LogP contribution in [0.2, 0.25) is 0 Å². The Kier molecular flexibility index (Phi) is 5.85. The van der Waals surface area contributed by atoms with Gasteiger partial charge in [0.15, 0.2) is 0 Å². The summed E-state index contributed by atoms with van der Waals surface area (Å²) in [6.45, 7) is 6.76. The van der Waals surface area contributed by atoms with Crippen LogP contribution in [0.3, 0.4) is 0 Å². The summed E-state index contributed by atoms with van der Waals surface area (Å²) in [6, 6.07) is 8.61. The molecule has 1 atom stereocenters. The predicted molar refractivity (Wildman–Crippen MR) is 79.7 cm³/mol. The summed E-state index contributed by atoms with van der Waals surface area (Å²) >= 11 is 2.30. The SMILES string of the molecule is CC(C)(C)OCC(Cc1ccc(I)cc1)NN. The van der Waals surface area contributed by atoms with Crippen LogP contribution in [0.1, 0.15) is 26.3 Å². The quantitative estimate of drug-likeness (QED) is 0.488. The second kappa shape index (κ2) is 6.68. The van der Waals surface area contributed by atoms with Crippen molar-refractivity contribution in [3.8, 4) is 0 Å². The largest absolute Gasteiger partial charge is 0.374 e. The lowest BCUT2D eigenvalue weighted by Crippen LogP contribution is -2.42. The minimum atomic E-state index is -0.124. The van der Waals surface area contributed by atoms with Gasteiger partial charge in [-0.05, 0) is 67.5 Å². The van der Waals surface area contributed by atoms with E-state index in [0.29, 0.717) is 6.61 Å². The highest BCUT2D eigenvalue weighted by Gasteiger charge is 2.14. The van der Waals surface area contributed by atoms with Gasteiger partial charge in [0.25, 0.3) is 0 Å². The molecule has 0 aliphatic heterocycles. The monoisotopic (exact) mass is 348 g/mol. The first-order valence-electron chi connectivity index (χ1n) is 5.75. The van der Waals surface area contributed by atoms with Gasteiger partial charge in [-0.3, -0.25) is 11.3 Å². The van der Waals surface area contributed by atoms with E-state index in [1.165, 1.54) is 9.13 Å². The molecule has 4 heteroatoms. The summed E-state index contributed by atoms with van der Waals surface area (Å²) in [5.74, 6) is 5.55. The van der Waals surface area contributed by atoms with E-state index in [2.05, 4.69) is 52.3 Å². The first kappa shape index (κ1) is 14.9. The Morgan fingerprint density at radius 1 is 1.29 bits per heavy atom. The van der Waals surface area contributed by atoms with Gasteiger partial charge in [0.05, 0.1) is 12.2 Å². The van der Waals surface area contributed by atoms with Gasteiger partial charge >= 0.3 is 0 Å². The molecule has 96 valence electrons. The lowest BCUT2D eigenvalue weighted by atomic mass is 10.1. The Hall–Kier alpha value is -0.170. The Morgan fingerprint density at radius 3 is 2.35 bits per heavy atom. The Bertz CT molecular complexity index is 332. The first-order valence-corrected chi connectivity index (χ1v) is 6.83.